The van der Waals surface area contributed by atoms with Crippen LogP contribution in [0, 0.1) is 5.82 Å². The molecule has 110 valence electrons. The molecule has 0 unspecified atom stereocenters. The molecule has 2 nitrogen and oxygen atoms in total. The summed E-state index contributed by atoms with van der Waals surface area (Å²) < 4.78 is 51.5. The van der Waals surface area contributed by atoms with Crippen molar-refractivity contribution in [2.24, 2.45) is 0 Å². The molecule has 7 heteroatoms. The van der Waals surface area contributed by atoms with Gasteiger partial charge in [-0.15, -0.1) is 0 Å². The van der Waals surface area contributed by atoms with Crippen LogP contribution in [0.15, 0.2) is 46.9 Å². The molecule has 0 aliphatic rings. The quantitative estimate of drug-likeness (QED) is 0.760. The maximum absolute atomic E-state index is 13.1. The highest BCUT2D eigenvalue weighted by Crippen LogP contribution is 2.33. The van der Waals surface area contributed by atoms with Gasteiger partial charge in [0.15, 0.2) is 0 Å². The Bertz CT molecular complexity index is 685. The number of carbonyl (C=O) groups excluding carboxylic acids is 1. The van der Waals surface area contributed by atoms with E-state index in [1.54, 1.807) is 12.1 Å². The first-order chi connectivity index (χ1) is 9.77. The molecule has 0 aliphatic carbocycles. The number of halogens is 5. The van der Waals surface area contributed by atoms with E-state index in [0.29, 0.717) is 16.6 Å². The first-order valence-corrected chi connectivity index (χ1v) is 6.50. The number of benzene rings is 2. The van der Waals surface area contributed by atoms with Gasteiger partial charge in [-0.2, -0.15) is 13.2 Å². The van der Waals surface area contributed by atoms with Gasteiger partial charge in [0.25, 0.3) is 5.91 Å². The summed E-state index contributed by atoms with van der Waals surface area (Å²) in [4.78, 5) is 11.9. The normalized spacial score (nSPS) is 11.3. The summed E-state index contributed by atoms with van der Waals surface area (Å²) in [5, 5.41) is 2.30. The van der Waals surface area contributed by atoms with Crippen LogP contribution < -0.4 is 5.32 Å². The molecule has 1 N–H and O–H groups in total. The van der Waals surface area contributed by atoms with E-state index >= 15 is 0 Å². The number of rotatable bonds is 2. The lowest BCUT2D eigenvalue weighted by Crippen LogP contribution is -2.14. The van der Waals surface area contributed by atoms with Gasteiger partial charge >= 0.3 is 6.18 Å². The predicted octanol–water partition coefficient (Wildman–Crippen LogP) is 4.86. The fraction of sp³-hybridized carbons (Fsp3) is 0.0714. The average Bonchev–Trinajstić information content (AvgIpc) is 2.39. The molecule has 2 aromatic rings. The fourth-order valence-corrected chi connectivity index (χ4v) is 2.05. The van der Waals surface area contributed by atoms with Gasteiger partial charge in [-0.25, -0.2) is 4.39 Å². The number of alkyl halides is 3. The number of carbonyl (C=O) groups is 1. The van der Waals surface area contributed by atoms with Crippen LogP contribution in [0.2, 0.25) is 0 Å². The van der Waals surface area contributed by atoms with Gasteiger partial charge in [0.05, 0.1) is 5.56 Å². The average molecular weight is 362 g/mol. The minimum atomic E-state index is -4.82. The standard InChI is InChI=1S/C14H8BrF4NO/c15-9-3-1-2-8(6-9)13(21)20-10-4-5-12(16)11(7-10)14(17,18)19/h1-7H,(H,20,21). The zero-order valence-electron chi connectivity index (χ0n) is 10.3. The molecule has 2 rings (SSSR count). The molecule has 0 spiro atoms. The van der Waals surface area contributed by atoms with Crippen LogP contribution in [0.3, 0.4) is 0 Å². The second-order valence-electron chi connectivity index (χ2n) is 4.16. The van der Waals surface area contributed by atoms with Crippen molar-refractivity contribution in [1.29, 1.82) is 0 Å². The highest BCUT2D eigenvalue weighted by atomic mass is 79.9. The van der Waals surface area contributed by atoms with Crippen molar-refractivity contribution in [3.8, 4) is 0 Å². The topological polar surface area (TPSA) is 29.1 Å². The van der Waals surface area contributed by atoms with E-state index in [1.165, 1.54) is 12.1 Å². The van der Waals surface area contributed by atoms with E-state index in [9.17, 15) is 22.4 Å². The zero-order chi connectivity index (χ0) is 15.6. The molecular weight excluding hydrogens is 354 g/mol. The number of hydrogen-bond acceptors (Lipinski definition) is 1. The van der Waals surface area contributed by atoms with Crippen molar-refractivity contribution in [2.75, 3.05) is 5.32 Å². The Labute approximate surface area is 125 Å². The summed E-state index contributed by atoms with van der Waals surface area (Å²) in [6, 6.07) is 8.64. The maximum atomic E-state index is 13.1. The molecule has 0 bridgehead atoms. The molecular formula is C14H8BrF4NO. The predicted molar refractivity (Wildman–Crippen MR) is 73.5 cm³/mol. The van der Waals surface area contributed by atoms with Gasteiger partial charge in [0, 0.05) is 15.7 Å². The van der Waals surface area contributed by atoms with Crippen molar-refractivity contribution < 1.29 is 22.4 Å². The SMILES string of the molecule is O=C(Nc1ccc(F)c(C(F)(F)F)c1)c1cccc(Br)c1. The van der Waals surface area contributed by atoms with Gasteiger partial charge in [0.1, 0.15) is 5.82 Å². The smallest absolute Gasteiger partial charge is 0.322 e. The zero-order valence-corrected chi connectivity index (χ0v) is 11.9. The molecule has 0 aromatic heterocycles. The molecule has 1 amide bonds. The van der Waals surface area contributed by atoms with E-state index in [4.69, 9.17) is 0 Å². The van der Waals surface area contributed by atoms with Gasteiger partial charge in [0.2, 0.25) is 0 Å². The summed E-state index contributed by atoms with van der Waals surface area (Å²) in [7, 11) is 0. The molecule has 0 saturated carbocycles. The molecule has 0 atom stereocenters. The summed E-state index contributed by atoms with van der Waals surface area (Å²) in [6.07, 6.45) is -4.82. The molecule has 0 fully saturated rings. The van der Waals surface area contributed by atoms with Crippen LogP contribution in [0.1, 0.15) is 15.9 Å². The largest absolute Gasteiger partial charge is 0.419 e. The van der Waals surface area contributed by atoms with Crippen molar-refractivity contribution in [2.45, 2.75) is 6.18 Å². The maximum Gasteiger partial charge on any atom is 0.419 e. The van der Waals surface area contributed by atoms with Crippen molar-refractivity contribution in [3.63, 3.8) is 0 Å². The number of nitrogens with one attached hydrogen (secondary N) is 1. The minimum Gasteiger partial charge on any atom is -0.322 e. The molecule has 21 heavy (non-hydrogen) atoms. The Morgan fingerprint density at radius 3 is 2.43 bits per heavy atom. The van der Waals surface area contributed by atoms with E-state index < -0.39 is 23.5 Å². The van der Waals surface area contributed by atoms with E-state index in [1.807, 2.05) is 0 Å². The lowest BCUT2D eigenvalue weighted by molar-refractivity contribution is -0.139. The van der Waals surface area contributed by atoms with Crippen LogP contribution >= 0.6 is 15.9 Å². The van der Waals surface area contributed by atoms with Crippen molar-refractivity contribution in [1.82, 2.24) is 0 Å². The number of hydrogen-bond donors (Lipinski definition) is 1. The monoisotopic (exact) mass is 361 g/mol. The number of amides is 1. The highest BCUT2D eigenvalue weighted by molar-refractivity contribution is 9.10. The van der Waals surface area contributed by atoms with Crippen molar-refractivity contribution in [3.05, 3.63) is 63.9 Å². The molecule has 0 heterocycles. The minimum absolute atomic E-state index is 0.131. The van der Waals surface area contributed by atoms with E-state index in [-0.39, 0.29) is 11.3 Å². The summed E-state index contributed by atoms with van der Waals surface area (Å²) in [5.41, 5.74) is -1.29. The van der Waals surface area contributed by atoms with Crippen LogP contribution in [-0.4, -0.2) is 5.91 Å². The second kappa shape index (κ2) is 5.85. The third-order valence-corrected chi connectivity index (χ3v) is 3.11. The summed E-state index contributed by atoms with van der Waals surface area (Å²) in [6.45, 7) is 0. The van der Waals surface area contributed by atoms with Crippen LogP contribution in [0.4, 0.5) is 23.2 Å². The highest BCUT2D eigenvalue weighted by Gasteiger charge is 2.34. The van der Waals surface area contributed by atoms with Gasteiger partial charge in [-0.3, -0.25) is 4.79 Å². The first kappa shape index (κ1) is 15.5. The molecule has 2 aromatic carbocycles. The Balaban J connectivity index is 2.26. The Hall–Kier alpha value is -1.89. The molecule has 0 aliphatic heterocycles. The summed E-state index contributed by atoms with van der Waals surface area (Å²) >= 11 is 3.18. The van der Waals surface area contributed by atoms with Gasteiger partial charge in [-0.05, 0) is 36.4 Å². The summed E-state index contributed by atoms with van der Waals surface area (Å²) in [5.74, 6) is -1.97. The van der Waals surface area contributed by atoms with Crippen LogP contribution in [0.5, 0.6) is 0 Å². The third-order valence-electron chi connectivity index (χ3n) is 2.62. The Morgan fingerprint density at radius 1 is 1.10 bits per heavy atom. The second-order valence-corrected chi connectivity index (χ2v) is 5.07. The first-order valence-electron chi connectivity index (χ1n) is 5.71. The van der Waals surface area contributed by atoms with Crippen LogP contribution in [-0.2, 0) is 6.18 Å². The third kappa shape index (κ3) is 3.81. The lowest BCUT2D eigenvalue weighted by atomic mass is 10.1. The van der Waals surface area contributed by atoms with Gasteiger partial charge < -0.3 is 5.32 Å². The van der Waals surface area contributed by atoms with Crippen LogP contribution in [0.25, 0.3) is 0 Å². The Kier molecular flexibility index (Phi) is 4.32. The molecule has 0 radical (unpaired) electrons. The number of anilines is 1. The Morgan fingerprint density at radius 2 is 1.81 bits per heavy atom. The lowest BCUT2D eigenvalue weighted by Gasteiger charge is -2.11. The van der Waals surface area contributed by atoms with E-state index in [2.05, 4.69) is 21.2 Å². The van der Waals surface area contributed by atoms with Crippen molar-refractivity contribution >= 4 is 27.5 Å². The fourth-order valence-electron chi connectivity index (χ4n) is 1.65. The van der Waals surface area contributed by atoms with Gasteiger partial charge in [-0.1, -0.05) is 22.0 Å². The van der Waals surface area contributed by atoms with E-state index in [0.717, 1.165) is 6.07 Å². The molecule has 0 saturated heterocycles.